The highest BCUT2D eigenvalue weighted by Crippen LogP contribution is 2.27. The molecule has 1 nitrogen and oxygen atoms in total. The van der Waals surface area contributed by atoms with Crippen molar-refractivity contribution < 1.29 is 0 Å². The van der Waals surface area contributed by atoms with Crippen LogP contribution in [0, 0.1) is 27.7 Å². The van der Waals surface area contributed by atoms with Gasteiger partial charge in [-0.1, -0.05) is 65.0 Å². The van der Waals surface area contributed by atoms with Crippen LogP contribution in [-0.4, -0.2) is 5.04 Å². The van der Waals surface area contributed by atoms with Crippen molar-refractivity contribution in [3.8, 4) is 0 Å². The molecule has 3 heteroatoms. The fourth-order valence-electron chi connectivity index (χ4n) is 2.68. The molecule has 28 heavy (non-hydrogen) atoms. The normalized spacial score (nSPS) is 11.9. The van der Waals surface area contributed by atoms with Crippen molar-refractivity contribution in [2.24, 2.45) is 4.99 Å². The molecule has 0 aliphatic rings. The Morgan fingerprint density at radius 3 is 2.11 bits per heavy atom. The van der Waals surface area contributed by atoms with E-state index >= 15 is 0 Å². The molecule has 142 valence electrons. The summed E-state index contributed by atoms with van der Waals surface area (Å²) in [6.45, 7) is 8.50. The Balaban J connectivity index is 1.85. The SMILES string of the molecule is Cc1cccc(SC=CC(=Nc2ccc(C)c(C)c2)Sc2cccc(C)c2)c1. The second-order valence-corrected chi connectivity index (χ2v) is 8.95. The van der Waals surface area contributed by atoms with E-state index in [4.69, 9.17) is 4.99 Å². The molecular formula is C25H25NS2. The Bertz CT molecular complexity index is 1020. The first-order valence-corrected chi connectivity index (χ1v) is 11.0. The number of nitrogens with zero attached hydrogens (tertiary/aromatic N) is 1. The average Bonchev–Trinajstić information content (AvgIpc) is 2.65. The third kappa shape index (κ3) is 6.15. The molecule has 0 aliphatic carbocycles. The summed E-state index contributed by atoms with van der Waals surface area (Å²) < 4.78 is 0. The van der Waals surface area contributed by atoms with Gasteiger partial charge in [-0.2, -0.15) is 0 Å². The standard InChI is InChI=1S/C25H25NS2/c1-18-7-5-9-23(15-18)27-14-13-25(28-24-10-6-8-19(2)16-24)26-22-12-11-20(3)21(4)17-22/h5-17H,1-4H3. The summed E-state index contributed by atoms with van der Waals surface area (Å²) in [6, 6.07) is 23.5. The zero-order chi connectivity index (χ0) is 19.9. The molecule has 3 rings (SSSR count). The predicted octanol–water partition coefficient (Wildman–Crippen LogP) is 8.05. The van der Waals surface area contributed by atoms with Crippen LogP contribution in [0.15, 0.2) is 93.0 Å². The Hall–Kier alpha value is -2.23. The van der Waals surface area contributed by atoms with Crippen LogP contribution >= 0.6 is 23.5 Å². The summed E-state index contributed by atoms with van der Waals surface area (Å²) in [5, 5.41) is 3.10. The van der Waals surface area contributed by atoms with Crippen molar-refractivity contribution >= 4 is 34.3 Å². The molecular weight excluding hydrogens is 378 g/mol. The number of hydrogen-bond acceptors (Lipinski definition) is 3. The number of aliphatic imine (C=N–C) groups is 1. The van der Waals surface area contributed by atoms with Crippen LogP contribution in [0.1, 0.15) is 22.3 Å². The van der Waals surface area contributed by atoms with Gasteiger partial charge in [-0.05, 0) is 86.7 Å². The van der Waals surface area contributed by atoms with Crippen LogP contribution in [0.2, 0.25) is 0 Å². The van der Waals surface area contributed by atoms with Gasteiger partial charge in [0.05, 0.1) is 5.69 Å². The summed E-state index contributed by atoms with van der Waals surface area (Å²) in [4.78, 5) is 7.35. The lowest BCUT2D eigenvalue weighted by atomic mass is 10.1. The Kier molecular flexibility index (Phi) is 7.18. The van der Waals surface area contributed by atoms with Crippen LogP contribution in [0.3, 0.4) is 0 Å². The maximum atomic E-state index is 4.91. The minimum absolute atomic E-state index is 0.981. The van der Waals surface area contributed by atoms with Gasteiger partial charge in [-0.3, -0.25) is 0 Å². The van der Waals surface area contributed by atoms with Crippen molar-refractivity contribution in [2.75, 3.05) is 0 Å². The highest BCUT2D eigenvalue weighted by molar-refractivity contribution is 8.14. The minimum atomic E-state index is 0.981. The smallest absolute Gasteiger partial charge is 0.102 e. The van der Waals surface area contributed by atoms with Gasteiger partial charge >= 0.3 is 0 Å². The van der Waals surface area contributed by atoms with Crippen LogP contribution < -0.4 is 0 Å². The van der Waals surface area contributed by atoms with E-state index in [1.807, 2.05) is 0 Å². The van der Waals surface area contributed by atoms with Gasteiger partial charge in [0.1, 0.15) is 5.04 Å². The van der Waals surface area contributed by atoms with E-state index < -0.39 is 0 Å². The molecule has 0 fully saturated rings. The molecule has 3 aromatic carbocycles. The average molecular weight is 404 g/mol. The van der Waals surface area contributed by atoms with E-state index in [9.17, 15) is 0 Å². The summed E-state index contributed by atoms with van der Waals surface area (Å²) in [7, 11) is 0. The van der Waals surface area contributed by atoms with Gasteiger partial charge < -0.3 is 0 Å². The monoisotopic (exact) mass is 403 g/mol. The molecule has 0 radical (unpaired) electrons. The van der Waals surface area contributed by atoms with Gasteiger partial charge in [0.15, 0.2) is 0 Å². The number of rotatable bonds is 5. The Morgan fingerprint density at radius 1 is 0.750 bits per heavy atom. The lowest BCUT2D eigenvalue weighted by molar-refractivity contribution is 1.33. The van der Waals surface area contributed by atoms with E-state index in [1.165, 1.54) is 32.0 Å². The fraction of sp³-hybridized carbons (Fsp3) is 0.160. The highest BCUT2D eigenvalue weighted by atomic mass is 32.2. The first-order valence-electron chi connectivity index (χ1n) is 9.30. The highest BCUT2D eigenvalue weighted by Gasteiger charge is 2.03. The number of aryl methyl sites for hydroxylation is 4. The Morgan fingerprint density at radius 2 is 1.43 bits per heavy atom. The molecule has 0 amide bonds. The van der Waals surface area contributed by atoms with E-state index in [1.54, 1.807) is 23.5 Å². The van der Waals surface area contributed by atoms with Gasteiger partial charge in [-0.25, -0.2) is 4.99 Å². The molecule has 0 saturated heterocycles. The van der Waals surface area contributed by atoms with Crippen molar-refractivity contribution in [2.45, 2.75) is 37.5 Å². The van der Waals surface area contributed by atoms with Gasteiger partial charge in [0.2, 0.25) is 0 Å². The first kappa shape index (κ1) is 20.5. The van der Waals surface area contributed by atoms with Crippen molar-refractivity contribution in [3.63, 3.8) is 0 Å². The van der Waals surface area contributed by atoms with E-state index in [0.29, 0.717) is 0 Å². The quantitative estimate of drug-likeness (QED) is 0.243. The molecule has 0 unspecified atom stereocenters. The van der Waals surface area contributed by atoms with Gasteiger partial charge in [0, 0.05) is 9.79 Å². The fourth-order valence-corrected chi connectivity index (χ4v) is 4.45. The molecule has 0 N–H and O–H groups in total. The third-order valence-electron chi connectivity index (χ3n) is 4.35. The lowest BCUT2D eigenvalue weighted by Gasteiger charge is -2.06. The van der Waals surface area contributed by atoms with Crippen LogP contribution in [0.4, 0.5) is 5.69 Å². The summed E-state index contributed by atoms with van der Waals surface area (Å²) in [5.74, 6) is 0. The zero-order valence-electron chi connectivity index (χ0n) is 16.8. The molecule has 0 spiro atoms. The second-order valence-electron chi connectivity index (χ2n) is 6.87. The topological polar surface area (TPSA) is 12.4 Å². The molecule has 0 saturated carbocycles. The van der Waals surface area contributed by atoms with Gasteiger partial charge in [-0.15, -0.1) is 0 Å². The zero-order valence-corrected chi connectivity index (χ0v) is 18.4. The molecule has 0 bridgehead atoms. The lowest BCUT2D eigenvalue weighted by Crippen LogP contribution is -1.88. The molecule has 0 aromatic heterocycles. The summed E-state index contributed by atoms with van der Waals surface area (Å²) >= 11 is 3.41. The number of benzene rings is 3. The van der Waals surface area contributed by atoms with E-state index in [0.717, 1.165) is 10.7 Å². The second kappa shape index (κ2) is 9.81. The maximum absolute atomic E-state index is 4.91. The maximum Gasteiger partial charge on any atom is 0.102 e. The summed E-state index contributed by atoms with van der Waals surface area (Å²) in [5.41, 5.74) is 6.07. The van der Waals surface area contributed by atoms with Crippen molar-refractivity contribution in [1.82, 2.24) is 0 Å². The van der Waals surface area contributed by atoms with Crippen LogP contribution in [0.25, 0.3) is 0 Å². The minimum Gasteiger partial charge on any atom is -0.242 e. The van der Waals surface area contributed by atoms with Crippen molar-refractivity contribution in [3.05, 3.63) is 100 Å². The molecule has 0 heterocycles. The predicted molar refractivity (Wildman–Crippen MR) is 126 cm³/mol. The van der Waals surface area contributed by atoms with E-state index in [2.05, 4.69) is 106 Å². The van der Waals surface area contributed by atoms with Crippen molar-refractivity contribution in [1.29, 1.82) is 0 Å². The van der Waals surface area contributed by atoms with Crippen LogP contribution in [-0.2, 0) is 0 Å². The molecule has 0 atom stereocenters. The van der Waals surface area contributed by atoms with E-state index in [-0.39, 0.29) is 0 Å². The first-order chi connectivity index (χ1) is 13.5. The van der Waals surface area contributed by atoms with Gasteiger partial charge in [0.25, 0.3) is 0 Å². The molecule has 3 aromatic rings. The van der Waals surface area contributed by atoms with Crippen LogP contribution in [0.5, 0.6) is 0 Å². The number of thioether (sulfide) groups is 2. The molecule has 0 aliphatic heterocycles. The largest absolute Gasteiger partial charge is 0.242 e. The number of hydrogen-bond donors (Lipinski definition) is 0. The summed E-state index contributed by atoms with van der Waals surface area (Å²) in [6.07, 6.45) is 2.11. The third-order valence-corrected chi connectivity index (χ3v) is 6.07. The Labute approximate surface area is 177 Å².